The Morgan fingerprint density at radius 3 is 2.42 bits per heavy atom. The molecule has 0 amide bonds. The fourth-order valence-electron chi connectivity index (χ4n) is 3.86. The highest BCUT2D eigenvalue weighted by Gasteiger charge is 2.32. The molecule has 1 aromatic heterocycles. The van der Waals surface area contributed by atoms with E-state index < -0.39 is 0 Å². The maximum atomic E-state index is 13.4. The minimum atomic E-state index is -0.209. The summed E-state index contributed by atoms with van der Waals surface area (Å²) in [7, 11) is 0. The zero-order valence-electron chi connectivity index (χ0n) is 14.6. The van der Waals surface area contributed by atoms with Crippen molar-refractivity contribution in [3.05, 3.63) is 41.5 Å². The third kappa shape index (κ3) is 3.48. The third-order valence-electron chi connectivity index (χ3n) is 5.22. The highest BCUT2D eigenvalue weighted by Crippen LogP contribution is 2.30. The van der Waals surface area contributed by atoms with Crippen LogP contribution in [0.25, 0.3) is 0 Å². The van der Waals surface area contributed by atoms with Gasteiger partial charge < -0.3 is 4.90 Å². The number of hydrogen-bond acceptors (Lipinski definition) is 3. The van der Waals surface area contributed by atoms with E-state index in [1.54, 1.807) is 0 Å². The molecule has 0 spiro atoms. The first-order valence-corrected chi connectivity index (χ1v) is 9.12. The van der Waals surface area contributed by atoms with Gasteiger partial charge >= 0.3 is 0 Å². The van der Waals surface area contributed by atoms with Crippen molar-refractivity contribution >= 4 is 0 Å². The summed E-state index contributed by atoms with van der Waals surface area (Å²) in [6.45, 7) is 6.28. The number of quaternary nitrogens is 1. The van der Waals surface area contributed by atoms with Crippen LogP contribution in [0.1, 0.15) is 69.4 Å². The van der Waals surface area contributed by atoms with Gasteiger partial charge in [0.2, 0.25) is 5.82 Å². The van der Waals surface area contributed by atoms with Gasteiger partial charge in [0, 0.05) is 5.56 Å². The molecule has 2 aromatic rings. The summed E-state index contributed by atoms with van der Waals surface area (Å²) in [5.41, 5.74) is 1.07. The fourth-order valence-corrected chi connectivity index (χ4v) is 3.86. The Kier molecular flexibility index (Phi) is 5.56. The molecule has 1 aliphatic rings. The van der Waals surface area contributed by atoms with E-state index >= 15 is 0 Å². The summed E-state index contributed by atoms with van der Waals surface area (Å²) in [5, 5.41) is 12.7. The van der Waals surface area contributed by atoms with Gasteiger partial charge in [0.1, 0.15) is 5.82 Å². The molecule has 1 heterocycles. The molecule has 130 valence electrons. The first kappa shape index (κ1) is 17.0. The molecule has 5 nitrogen and oxygen atoms in total. The average molecular weight is 332 g/mol. The van der Waals surface area contributed by atoms with E-state index in [4.69, 9.17) is 0 Å². The van der Waals surface area contributed by atoms with Crippen molar-refractivity contribution in [2.45, 2.75) is 58.0 Å². The van der Waals surface area contributed by atoms with Gasteiger partial charge in [0.15, 0.2) is 6.04 Å². The molecule has 6 heteroatoms. The van der Waals surface area contributed by atoms with Crippen LogP contribution in [0, 0.1) is 5.82 Å². The topological polar surface area (TPSA) is 48.0 Å². The number of halogens is 1. The molecule has 1 aliphatic carbocycles. The van der Waals surface area contributed by atoms with Crippen molar-refractivity contribution in [3.8, 4) is 0 Å². The zero-order chi connectivity index (χ0) is 16.9. The van der Waals surface area contributed by atoms with E-state index in [2.05, 4.69) is 29.4 Å². The van der Waals surface area contributed by atoms with Crippen molar-refractivity contribution < 1.29 is 9.29 Å². The van der Waals surface area contributed by atoms with E-state index in [1.165, 1.54) is 36.3 Å². The number of hydrogen-bond donors (Lipinski definition) is 1. The number of aromatic nitrogens is 4. The van der Waals surface area contributed by atoms with Crippen LogP contribution in [0.2, 0.25) is 0 Å². The first-order valence-electron chi connectivity index (χ1n) is 9.12. The molecule has 0 bridgehead atoms. The number of rotatable bonds is 6. The van der Waals surface area contributed by atoms with Crippen LogP contribution < -0.4 is 4.90 Å². The van der Waals surface area contributed by atoms with Crippen LogP contribution in [-0.4, -0.2) is 33.3 Å². The quantitative estimate of drug-likeness (QED) is 0.883. The normalized spacial score (nSPS) is 17.3. The lowest BCUT2D eigenvalue weighted by atomic mass is 9.95. The lowest BCUT2D eigenvalue weighted by Crippen LogP contribution is -3.12. The molecule has 1 atom stereocenters. The summed E-state index contributed by atoms with van der Waals surface area (Å²) in [4.78, 5) is 1.38. The molecular formula is C18H27FN5+. The Bertz CT molecular complexity index is 629. The Hall–Kier alpha value is -1.82. The molecule has 24 heavy (non-hydrogen) atoms. The van der Waals surface area contributed by atoms with E-state index in [-0.39, 0.29) is 11.9 Å². The van der Waals surface area contributed by atoms with Crippen LogP contribution in [-0.2, 0) is 0 Å². The molecule has 3 rings (SSSR count). The van der Waals surface area contributed by atoms with Crippen LogP contribution in [0.5, 0.6) is 0 Å². The second-order valence-electron chi connectivity index (χ2n) is 6.62. The van der Waals surface area contributed by atoms with Gasteiger partial charge in [-0.2, -0.15) is 0 Å². The minimum absolute atomic E-state index is 0.0394. The summed E-state index contributed by atoms with van der Waals surface area (Å²) in [6, 6.07) is 7.22. The Morgan fingerprint density at radius 2 is 1.79 bits per heavy atom. The van der Waals surface area contributed by atoms with Gasteiger partial charge in [-0.25, -0.2) is 9.07 Å². The van der Waals surface area contributed by atoms with E-state index in [9.17, 15) is 4.39 Å². The second kappa shape index (κ2) is 7.83. The highest BCUT2D eigenvalue weighted by atomic mass is 19.1. The number of nitrogens with zero attached hydrogens (tertiary/aromatic N) is 4. The van der Waals surface area contributed by atoms with E-state index in [0.717, 1.165) is 37.3 Å². The minimum Gasteiger partial charge on any atom is -0.323 e. The van der Waals surface area contributed by atoms with Crippen LogP contribution >= 0.6 is 0 Å². The molecule has 0 saturated heterocycles. The summed E-state index contributed by atoms with van der Waals surface area (Å²) in [5.74, 6) is 0.700. The number of benzene rings is 1. The standard InChI is InChI=1S/C18H26FN5/c1-3-23(4-2)17(14-10-12-15(19)13-11-14)18-20-21-22-24(18)16-8-6-5-7-9-16/h10-13,16-17H,3-9H2,1-2H3/p+1/t17-/m1/s1. The Balaban J connectivity index is 1.99. The van der Waals surface area contributed by atoms with Crippen molar-refractivity contribution in [1.82, 2.24) is 20.2 Å². The maximum Gasteiger partial charge on any atom is 0.214 e. The highest BCUT2D eigenvalue weighted by molar-refractivity contribution is 5.23. The maximum absolute atomic E-state index is 13.4. The molecule has 0 aliphatic heterocycles. The lowest BCUT2D eigenvalue weighted by molar-refractivity contribution is -0.923. The summed E-state index contributed by atoms with van der Waals surface area (Å²) >= 11 is 0. The lowest BCUT2D eigenvalue weighted by Gasteiger charge is -2.29. The van der Waals surface area contributed by atoms with Gasteiger partial charge in [-0.05, 0) is 61.4 Å². The summed E-state index contributed by atoms with van der Waals surface area (Å²) < 4.78 is 15.4. The van der Waals surface area contributed by atoms with Gasteiger partial charge in [-0.3, -0.25) is 0 Å². The summed E-state index contributed by atoms with van der Waals surface area (Å²) in [6.07, 6.45) is 6.06. The predicted octanol–water partition coefficient (Wildman–Crippen LogP) is 2.33. The monoisotopic (exact) mass is 332 g/mol. The molecule has 1 saturated carbocycles. The largest absolute Gasteiger partial charge is 0.323 e. The van der Waals surface area contributed by atoms with Gasteiger partial charge in [0.25, 0.3) is 0 Å². The van der Waals surface area contributed by atoms with Gasteiger partial charge in [0.05, 0.1) is 19.1 Å². The second-order valence-corrected chi connectivity index (χ2v) is 6.62. The third-order valence-corrected chi connectivity index (χ3v) is 5.22. The van der Waals surface area contributed by atoms with Crippen molar-refractivity contribution in [3.63, 3.8) is 0 Å². The predicted molar refractivity (Wildman–Crippen MR) is 90.2 cm³/mol. The zero-order valence-corrected chi connectivity index (χ0v) is 14.6. The van der Waals surface area contributed by atoms with Crippen LogP contribution in [0.3, 0.4) is 0 Å². The Labute approximate surface area is 142 Å². The molecule has 1 fully saturated rings. The number of nitrogens with one attached hydrogen (secondary N) is 1. The molecule has 1 N–H and O–H groups in total. The van der Waals surface area contributed by atoms with Crippen molar-refractivity contribution in [1.29, 1.82) is 0 Å². The smallest absolute Gasteiger partial charge is 0.214 e. The number of tetrazole rings is 1. The molecule has 0 radical (unpaired) electrons. The Morgan fingerprint density at radius 1 is 1.12 bits per heavy atom. The van der Waals surface area contributed by atoms with Crippen LogP contribution in [0.4, 0.5) is 4.39 Å². The average Bonchev–Trinajstić information content (AvgIpc) is 3.10. The fraction of sp³-hybridized carbons (Fsp3) is 0.611. The molecular weight excluding hydrogens is 305 g/mol. The van der Waals surface area contributed by atoms with Crippen molar-refractivity contribution in [2.75, 3.05) is 13.1 Å². The van der Waals surface area contributed by atoms with Crippen LogP contribution in [0.15, 0.2) is 24.3 Å². The first-order chi connectivity index (χ1) is 11.7. The van der Waals surface area contributed by atoms with Crippen molar-refractivity contribution in [2.24, 2.45) is 0 Å². The van der Waals surface area contributed by atoms with Gasteiger partial charge in [-0.1, -0.05) is 19.3 Å². The molecule has 1 aromatic carbocycles. The van der Waals surface area contributed by atoms with Gasteiger partial charge in [-0.15, -0.1) is 5.10 Å². The van der Waals surface area contributed by atoms with E-state index in [0.29, 0.717) is 6.04 Å². The molecule has 0 unspecified atom stereocenters. The van der Waals surface area contributed by atoms with E-state index in [1.807, 2.05) is 16.8 Å². The SMILES string of the molecule is CC[NH+](CC)[C@H](c1ccc(F)cc1)c1nnnn1C1CCCCC1.